The third-order valence-corrected chi connectivity index (χ3v) is 3.39. The predicted molar refractivity (Wildman–Crippen MR) is 80.6 cm³/mol. The number of hydrogen-bond donors (Lipinski definition) is 0. The molecular formula is C16H11BrF2O2. The smallest absolute Gasteiger partial charge is 0.387 e. The summed E-state index contributed by atoms with van der Waals surface area (Å²) >= 11 is 3.38. The number of hydrogen-bond acceptors (Lipinski definition) is 2. The quantitative estimate of drug-likeness (QED) is 0.562. The summed E-state index contributed by atoms with van der Waals surface area (Å²) in [7, 11) is 0. The van der Waals surface area contributed by atoms with E-state index in [1.54, 1.807) is 12.1 Å². The highest BCUT2D eigenvalue weighted by atomic mass is 79.9. The van der Waals surface area contributed by atoms with Crippen LogP contribution in [0.25, 0.3) is 6.08 Å². The maximum atomic E-state index is 12.1. The Morgan fingerprint density at radius 3 is 2.62 bits per heavy atom. The first-order valence-corrected chi connectivity index (χ1v) is 6.87. The van der Waals surface area contributed by atoms with Crippen molar-refractivity contribution in [2.75, 3.05) is 0 Å². The van der Waals surface area contributed by atoms with Crippen LogP contribution >= 0.6 is 15.9 Å². The molecule has 0 spiro atoms. The molecule has 0 unspecified atom stereocenters. The van der Waals surface area contributed by atoms with Gasteiger partial charge >= 0.3 is 6.61 Å². The van der Waals surface area contributed by atoms with Crippen molar-refractivity contribution in [1.82, 2.24) is 0 Å². The Hall–Kier alpha value is -2.01. The third kappa shape index (κ3) is 4.49. The van der Waals surface area contributed by atoms with Crippen molar-refractivity contribution in [3.8, 4) is 5.75 Å². The average Bonchev–Trinajstić information content (AvgIpc) is 2.45. The van der Waals surface area contributed by atoms with Gasteiger partial charge in [-0.1, -0.05) is 46.3 Å². The van der Waals surface area contributed by atoms with Crippen LogP contribution in [0.1, 0.15) is 15.9 Å². The highest BCUT2D eigenvalue weighted by Gasteiger charge is 2.07. The van der Waals surface area contributed by atoms with Crippen molar-refractivity contribution >= 4 is 27.8 Å². The topological polar surface area (TPSA) is 26.3 Å². The van der Waals surface area contributed by atoms with Crippen LogP contribution in [0.4, 0.5) is 8.78 Å². The highest BCUT2D eigenvalue weighted by molar-refractivity contribution is 9.10. The first kappa shape index (κ1) is 15.4. The Morgan fingerprint density at radius 2 is 1.90 bits per heavy atom. The minimum absolute atomic E-state index is 0.0369. The fraction of sp³-hybridized carbons (Fsp3) is 0.0625. The molecular weight excluding hydrogens is 342 g/mol. The number of benzene rings is 2. The summed E-state index contributed by atoms with van der Waals surface area (Å²) in [4.78, 5) is 12.0. The lowest BCUT2D eigenvalue weighted by molar-refractivity contribution is -0.0498. The third-order valence-electron chi connectivity index (χ3n) is 2.66. The summed E-state index contributed by atoms with van der Waals surface area (Å²) in [5, 5.41) is 0. The van der Waals surface area contributed by atoms with E-state index in [-0.39, 0.29) is 17.1 Å². The Balaban J connectivity index is 2.15. The van der Waals surface area contributed by atoms with Gasteiger partial charge in [-0.2, -0.15) is 8.78 Å². The van der Waals surface area contributed by atoms with E-state index >= 15 is 0 Å². The van der Waals surface area contributed by atoms with Gasteiger partial charge in [0.05, 0.1) is 0 Å². The average molecular weight is 353 g/mol. The minimum Gasteiger partial charge on any atom is -0.435 e. The van der Waals surface area contributed by atoms with Gasteiger partial charge in [-0.25, -0.2) is 0 Å². The number of allylic oxidation sites excluding steroid dienone is 1. The van der Waals surface area contributed by atoms with Crippen LogP contribution in [0.15, 0.2) is 59.1 Å². The van der Waals surface area contributed by atoms with Gasteiger partial charge in [0.25, 0.3) is 0 Å². The van der Waals surface area contributed by atoms with Gasteiger partial charge in [0.1, 0.15) is 5.75 Å². The van der Waals surface area contributed by atoms with Crippen LogP contribution < -0.4 is 4.74 Å². The molecule has 0 saturated carbocycles. The zero-order valence-corrected chi connectivity index (χ0v) is 12.4. The number of halogens is 3. The van der Waals surface area contributed by atoms with Gasteiger partial charge in [0, 0.05) is 10.0 Å². The molecule has 0 fully saturated rings. The second kappa shape index (κ2) is 7.13. The summed E-state index contributed by atoms with van der Waals surface area (Å²) in [6.07, 6.45) is 3.05. The van der Waals surface area contributed by atoms with Crippen LogP contribution in [-0.4, -0.2) is 12.4 Å². The predicted octanol–water partition coefficient (Wildman–Crippen LogP) is 4.95. The summed E-state index contributed by atoms with van der Waals surface area (Å²) in [5.41, 5.74) is 1.14. The fourth-order valence-electron chi connectivity index (χ4n) is 1.70. The largest absolute Gasteiger partial charge is 0.435 e. The molecule has 0 radical (unpaired) electrons. The lowest BCUT2D eigenvalue weighted by Crippen LogP contribution is -2.03. The van der Waals surface area contributed by atoms with E-state index in [2.05, 4.69) is 20.7 Å². The maximum Gasteiger partial charge on any atom is 0.387 e. The Labute approximate surface area is 129 Å². The van der Waals surface area contributed by atoms with Crippen LogP contribution in [0.3, 0.4) is 0 Å². The molecule has 0 saturated heterocycles. The lowest BCUT2D eigenvalue weighted by atomic mass is 10.1. The van der Waals surface area contributed by atoms with Crippen LogP contribution in [-0.2, 0) is 0 Å². The fourth-order valence-corrected chi connectivity index (χ4v) is 2.11. The monoisotopic (exact) mass is 352 g/mol. The van der Waals surface area contributed by atoms with Gasteiger partial charge in [-0.3, -0.25) is 4.79 Å². The molecule has 0 aromatic heterocycles. The van der Waals surface area contributed by atoms with Crippen LogP contribution in [0.2, 0.25) is 0 Å². The normalized spacial score (nSPS) is 11.0. The molecule has 0 atom stereocenters. The Bertz CT molecular complexity index is 669. The zero-order chi connectivity index (χ0) is 15.2. The van der Waals surface area contributed by atoms with Gasteiger partial charge in [0.2, 0.25) is 0 Å². The summed E-state index contributed by atoms with van der Waals surface area (Å²) < 4.78 is 29.4. The molecule has 2 aromatic carbocycles. The number of ether oxygens (including phenoxy) is 1. The number of carbonyl (C=O) groups is 1. The van der Waals surface area contributed by atoms with E-state index in [4.69, 9.17) is 0 Å². The van der Waals surface area contributed by atoms with E-state index < -0.39 is 6.61 Å². The standard InChI is InChI=1S/C16H11BrF2O2/c17-14-7-2-1-4-11(14)8-9-15(20)12-5-3-6-13(10-12)21-16(18)19/h1-10,16H/b9-8+. The van der Waals surface area contributed by atoms with E-state index in [0.717, 1.165) is 10.0 Å². The molecule has 0 amide bonds. The summed E-state index contributed by atoms with van der Waals surface area (Å²) in [5.74, 6) is -0.324. The molecule has 0 heterocycles. The van der Waals surface area contributed by atoms with Crippen molar-refractivity contribution in [1.29, 1.82) is 0 Å². The van der Waals surface area contributed by atoms with Crippen molar-refractivity contribution in [2.45, 2.75) is 6.61 Å². The second-order valence-corrected chi connectivity index (χ2v) is 4.98. The van der Waals surface area contributed by atoms with Gasteiger partial charge in [-0.15, -0.1) is 0 Å². The van der Waals surface area contributed by atoms with Gasteiger partial charge in [-0.05, 0) is 35.9 Å². The van der Waals surface area contributed by atoms with Crippen molar-refractivity contribution < 1.29 is 18.3 Å². The summed E-state index contributed by atoms with van der Waals surface area (Å²) in [6, 6.07) is 13.1. The molecule has 2 aromatic rings. The number of rotatable bonds is 5. The number of alkyl halides is 2. The number of ketones is 1. The molecule has 0 aliphatic heterocycles. The molecule has 5 heteroatoms. The van der Waals surface area contributed by atoms with Crippen LogP contribution in [0.5, 0.6) is 5.75 Å². The Morgan fingerprint density at radius 1 is 1.14 bits per heavy atom. The molecule has 0 aliphatic rings. The van der Waals surface area contributed by atoms with E-state index in [1.807, 2.05) is 24.3 Å². The summed E-state index contributed by atoms with van der Waals surface area (Å²) in [6.45, 7) is -2.91. The first-order chi connectivity index (χ1) is 10.1. The minimum atomic E-state index is -2.91. The SMILES string of the molecule is O=C(/C=C/c1ccccc1Br)c1cccc(OC(F)F)c1. The second-order valence-electron chi connectivity index (χ2n) is 4.13. The van der Waals surface area contributed by atoms with E-state index in [9.17, 15) is 13.6 Å². The molecule has 0 aliphatic carbocycles. The van der Waals surface area contributed by atoms with Crippen molar-refractivity contribution in [3.63, 3.8) is 0 Å². The van der Waals surface area contributed by atoms with Crippen molar-refractivity contribution in [3.05, 3.63) is 70.2 Å². The number of carbonyl (C=O) groups excluding carboxylic acids is 1. The molecule has 0 N–H and O–H groups in total. The molecule has 2 rings (SSSR count). The maximum absolute atomic E-state index is 12.1. The van der Waals surface area contributed by atoms with Gasteiger partial charge < -0.3 is 4.74 Å². The molecule has 108 valence electrons. The highest BCUT2D eigenvalue weighted by Crippen LogP contribution is 2.19. The van der Waals surface area contributed by atoms with Crippen molar-refractivity contribution in [2.24, 2.45) is 0 Å². The first-order valence-electron chi connectivity index (χ1n) is 6.08. The Kier molecular flexibility index (Phi) is 5.22. The van der Waals surface area contributed by atoms with E-state index in [0.29, 0.717) is 0 Å². The van der Waals surface area contributed by atoms with Crippen LogP contribution in [0, 0.1) is 0 Å². The zero-order valence-electron chi connectivity index (χ0n) is 10.8. The molecule has 2 nitrogen and oxygen atoms in total. The molecule has 21 heavy (non-hydrogen) atoms. The molecule has 0 bridgehead atoms. The van der Waals surface area contributed by atoms with Gasteiger partial charge in [0.15, 0.2) is 5.78 Å². The van der Waals surface area contributed by atoms with E-state index in [1.165, 1.54) is 24.3 Å². The lowest BCUT2D eigenvalue weighted by Gasteiger charge is -2.05.